The molecule has 2 unspecified atom stereocenters. The Morgan fingerprint density at radius 2 is 1.75 bits per heavy atom. The standard InChI is InChI=1S/C15H27NO.C2H4O/c1-12-6-2-5-9-14(12)16-15(17)11-10-13-7-3-4-8-13;1-2-3/h12-14H,2-11H2,1H3,(H,16,17);2-3H,1H2. The first-order chi connectivity index (χ1) is 9.67. The second-order valence-electron chi connectivity index (χ2n) is 6.31. The van der Waals surface area contributed by atoms with Gasteiger partial charge in [-0.2, -0.15) is 0 Å². The van der Waals surface area contributed by atoms with E-state index < -0.39 is 0 Å². The minimum Gasteiger partial charge on any atom is -0.516 e. The Bertz CT molecular complexity index is 285. The largest absolute Gasteiger partial charge is 0.516 e. The van der Waals surface area contributed by atoms with Gasteiger partial charge in [-0.3, -0.25) is 4.79 Å². The molecule has 0 radical (unpaired) electrons. The Balaban J connectivity index is 0.000000612. The number of aliphatic hydroxyl groups is 1. The van der Waals surface area contributed by atoms with Crippen LogP contribution in [0.15, 0.2) is 12.8 Å². The molecule has 0 aromatic heterocycles. The van der Waals surface area contributed by atoms with Crippen molar-refractivity contribution in [2.75, 3.05) is 0 Å². The summed E-state index contributed by atoms with van der Waals surface area (Å²) in [4.78, 5) is 11.9. The lowest BCUT2D eigenvalue weighted by atomic mass is 9.86. The number of nitrogens with one attached hydrogen (secondary N) is 1. The fourth-order valence-corrected chi connectivity index (χ4v) is 3.44. The highest BCUT2D eigenvalue weighted by molar-refractivity contribution is 5.76. The Morgan fingerprint density at radius 1 is 1.20 bits per heavy atom. The second-order valence-corrected chi connectivity index (χ2v) is 6.31. The van der Waals surface area contributed by atoms with Gasteiger partial charge in [-0.1, -0.05) is 52.0 Å². The second kappa shape index (κ2) is 9.84. The molecule has 0 aliphatic heterocycles. The minimum atomic E-state index is 0.302. The Hall–Kier alpha value is -0.990. The van der Waals surface area contributed by atoms with E-state index >= 15 is 0 Å². The summed E-state index contributed by atoms with van der Waals surface area (Å²) >= 11 is 0. The Morgan fingerprint density at radius 3 is 2.35 bits per heavy atom. The molecule has 0 bridgehead atoms. The van der Waals surface area contributed by atoms with Crippen LogP contribution in [-0.4, -0.2) is 17.1 Å². The highest BCUT2D eigenvalue weighted by Crippen LogP contribution is 2.28. The van der Waals surface area contributed by atoms with Crippen LogP contribution in [0.4, 0.5) is 0 Å². The van der Waals surface area contributed by atoms with Gasteiger partial charge in [0, 0.05) is 12.5 Å². The van der Waals surface area contributed by atoms with Gasteiger partial charge in [-0.15, -0.1) is 0 Å². The lowest BCUT2D eigenvalue weighted by Crippen LogP contribution is -2.41. The SMILES string of the molecule is C=CO.CC1CCCCC1NC(=O)CCC1CCCC1. The third-order valence-corrected chi connectivity index (χ3v) is 4.71. The number of amides is 1. The molecule has 0 spiro atoms. The van der Waals surface area contributed by atoms with E-state index in [1.807, 2.05) is 0 Å². The topological polar surface area (TPSA) is 49.3 Å². The molecule has 0 heterocycles. The summed E-state index contributed by atoms with van der Waals surface area (Å²) in [6, 6.07) is 0.458. The number of hydrogen-bond acceptors (Lipinski definition) is 2. The molecule has 3 nitrogen and oxygen atoms in total. The van der Waals surface area contributed by atoms with Crippen molar-refractivity contribution >= 4 is 5.91 Å². The molecule has 2 rings (SSSR count). The van der Waals surface area contributed by atoms with Crippen molar-refractivity contribution < 1.29 is 9.90 Å². The number of rotatable bonds is 4. The summed E-state index contributed by atoms with van der Waals surface area (Å²) in [5.74, 6) is 1.82. The van der Waals surface area contributed by atoms with E-state index in [4.69, 9.17) is 5.11 Å². The molecule has 2 aliphatic rings. The highest BCUT2D eigenvalue weighted by atomic mass is 16.2. The van der Waals surface area contributed by atoms with Crippen LogP contribution in [0.25, 0.3) is 0 Å². The van der Waals surface area contributed by atoms with Gasteiger partial charge in [-0.25, -0.2) is 0 Å². The Labute approximate surface area is 123 Å². The van der Waals surface area contributed by atoms with Crippen LogP contribution in [0, 0.1) is 11.8 Å². The molecule has 2 aliphatic carbocycles. The van der Waals surface area contributed by atoms with Gasteiger partial charge in [-0.05, 0) is 31.1 Å². The molecule has 1 amide bonds. The molecular formula is C17H31NO2. The van der Waals surface area contributed by atoms with Crippen molar-refractivity contribution in [1.82, 2.24) is 5.32 Å². The smallest absolute Gasteiger partial charge is 0.220 e. The van der Waals surface area contributed by atoms with Crippen LogP contribution in [-0.2, 0) is 4.79 Å². The molecule has 0 aromatic carbocycles. The number of hydrogen-bond donors (Lipinski definition) is 2. The zero-order valence-corrected chi connectivity index (χ0v) is 12.9. The van der Waals surface area contributed by atoms with Crippen molar-refractivity contribution in [3.63, 3.8) is 0 Å². The average Bonchev–Trinajstić information content (AvgIpc) is 2.93. The van der Waals surface area contributed by atoms with Crippen molar-refractivity contribution in [3.05, 3.63) is 12.8 Å². The van der Waals surface area contributed by atoms with Gasteiger partial charge in [0.25, 0.3) is 0 Å². The van der Waals surface area contributed by atoms with Crippen LogP contribution in [0.2, 0.25) is 0 Å². The van der Waals surface area contributed by atoms with Crippen molar-refractivity contribution in [3.8, 4) is 0 Å². The van der Waals surface area contributed by atoms with E-state index in [0.717, 1.165) is 25.0 Å². The summed E-state index contributed by atoms with van der Waals surface area (Å²) in [6.45, 7) is 5.20. The zero-order valence-electron chi connectivity index (χ0n) is 12.9. The van der Waals surface area contributed by atoms with Gasteiger partial charge in [0.05, 0.1) is 6.26 Å². The van der Waals surface area contributed by atoms with E-state index in [9.17, 15) is 4.79 Å². The summed E-state index contributed by atoms with van der Waals surface area (Å²) < 4.78 is 0. The first kappa shape index (κ1) is 17.1. The minimum absolute atomic E-state index is 0.302. The van der Waals surface area contributed by atoms with E-state index in [1.165, 1.54) is 51.4 Å². The molecule has 2 N–H and O–H groups in total. The molecule has 2 atom stereocenters. The molecule has 2 fully saturated rings. The van der Waals surface area contributed by atoms with Crippen molar-refractivity contribution in [1.29, 1.82) is 0 Å². The maximum atomic E-state index is 11.9. The molecular weight excluding hydrogens is 250 g/mol. The predicted molar refractivity (Wildman–Crippen MR) is 83.6 cm³/mol. The number of carbonyl (C=O) groups excluding carboxylic acids is 1. The monoisotopic (exact) mass is 281 g/mol. The summed E-state index contributed by atoms with van der Waals surface area (Å²) in [7, 11) is 0. The molecule has 116 valence electrons. The quantitative estimate of drug-likeness (QED) is 0.753. The van der Waals surface area contributed by atoms with Gasteiger partial charge in [0.2, 0.25) is 5.91 Å². The highest BCUT2D eigenvalue weighted by Gasteiger charge is 2.23. The molecule has 3 heteroatoms. The molecule has 2 saturated carbocycles. The van der Waals surface area contributed by atoms with Crippen LogP contribution >= 0.6 is 0 Å². The predicted octanol–water partition coefficient (Wildman–Crippen LogP) is 4.34. The average molecular weight is 281 g/mol. The van der Waals surface area contributed by atoms with Gasteiger partial charge < -0.3 is 10.4 Å². The van der Waals surface area contributed by atoms with Gasteiger partial charge in [0.1, 0.15) is 0 Å². The van der Waals surface area contributed by atoms with E-state index in [-0.39, 0.29) is 0 Å². The Kier molecular flexibility index (Phi) is 8.40. The van der Waals surface area contributed by atoms with Crippen LogP contribution in [0.1, 0.15) is 71.1 Å². The van der Waals surface area contributed by atoms with E-state index in [2.05, 4.69) is 18.8 Å². The number of carbonyl (C=O) groups is 1. The third-order valence-electron chi connectivity index (χ3n) is 4.71. The lowest BCUT2D eigenvalue weighted by molar-refractivity contribution is -0.122. The molecule has 0 aromatic rings. The summed E-state index contributed by atoms with van der Waals surface area (Å²) in [5.41, 5.74) is 0. The fourth-order valence-electron chi connectivity index (χ4n) is 3.44. The fraction of sp³-hybridized carbons (Fsp3) is 0.824. The maximum absolute atomic E-state index is 11.9. The first-order valence-corrected chi connectivity index (χ1v) is 8.21. The van der Waals surface area contributed by atoms with E-state index in [1.54, 1.807) is 0 Å². The first-order valence-electron chi connectivity index (χ1n) is 8.21. The van der Waals surface area contributed by atoms with Crippen LogP contribution in [0.5, 0.6) is 0 Å². The van der Waals surface area contributed by atoms with Crippen LogP contribution in [0.3, 0.4) is 0 Å². The van der Waals surface area contributed by atoms with Gasteiger partial charge in [0.15, 0.2) is 0 Å². The van der Waals surface area contributed by atoms with Crippen molar-refractivity contribution in [2.24, 2.45) is 11.8 Å². The van der Waals surface area contributed by atoms with Crippen LogP contribution < -0.4 is 5.32 Å². The summed E-state index contributed by atoms with van der Waals surface area (Å²) in [5, 5.41) is 10.6. The third kappa shape index (κ3) is 6.44. The van der Waals surface area contributed by atoms with Crippen molar-refractivity contribution in [2.45, 2.75) is 77.2 Å². The normalized spacial score (nSPS) is 26.4. The molecule has 0 saturated heterocycles. The number of aliphatic hydroxyl groups excluding tert-OH is 1. The zero-order chi connectivity index (χ0) is 14.8. The molecule has 20 heavy (non-hydrogen) atoms. The maximum Gasteiger partial charge on any atom is 0.220 e. The lowest BCUT2D eigenvalue weighted by Gasteiger charge is -2.29. The van der Waals surface area contributed by atoms with E-state index in [0.29, 0.717) is 17.9 Å². The summed E-state index contributed by atoms with van der Waals surface area (Å²) in [6.07, 6.45) is 13.2. The van der Waals surface area contributed by atoms with Gasteiger partial charge >= 0.3 is 0 Å².